The molecule has 0 bridgehead atoms. The average Bonchev–Trinajstić information content (AvgIpc) is 2.87. The summed E-state index contributed by atoms with van der Waals surface area (Å²) in [4.78, 5) is 0. The maximum absolute atomic E-state index is 6.05. The van der Waals surface area contributed by atoms with Crippen LogP contribution in [0.25, 0.3) is 11.4 Å². The fourth-order valence-electron chi connectivity index (χ4n) is 2.30. The van der Waals surface area contributed by atoms with Crippen molar-refractivity contribution in [3.63, 3.8) is 0 Å². The van der Waals surface area contributed by atoms with E-state index < -0.39 is 0 Å². The SMILES string of the molecule is Cc1ccc(/C=N\n2c(-c3cccc(Cl)c3)n[nH]c2=S)c(C)c1. The first-order valence-electron chi connectivity index (χ1n) is 7.09. The second-order valence-electron chi connectivity index (χ2n) is 5.28. The molecule has 0 amide bonds. The molecule has 3 rings (SSSR count). The van der Waals surface area contributed by atoms with Crippen LogP contribution in [0.15, 0.2) is 47.6 Å². The molecule has 0 saturated heterocycles. The third kappa shape index (κ3) is 3.41. The third-order valence-electron chi connectivity index (χ3n) is 3.47. The Hall–Kier alpha value is -2.24. The highest BCUT2D eigenvalue weighted by Gasteiger charge is 2.08. The lowest BCUT2D eigenvalue weighted by molar-refractivity contribution is 0.871. The van der Waals surface area contributed by atoms with E-state index in [1.54, 1.807) is 10.9 Å². The Morgan fingerprint density at radius 2 is 2.04 bits per heavy atom. The van der Waals surface area contributed by atoms with E-state index in [1.165, 1.54) is 5.56 Å². The predicted molar refractivity (Wildman–Crippen MR) is 96.8 cm³/mol. The van der Waals surface area contributed by atoms with Crippen LogP contribution in [0.3, 0.4) is 0 Å². The van der Waals surface area contributed by atoms with Crippen LogP contribution in [0.1, 0.15) is 16.7 Å². The van der Waals surface area contributed by atoms with Crippen LogP contribution in [0, 0.1) is 18.6 Å². The van der Waals surface area contributed by atoms with Gasteiger partial charge in [-0.3, -0.25) is 0 Å². The van der Waals surface area contributed by atoms with E-state index in [2.05, 4.69) is 41.3 Å². The lowest BCUT2D eigenvalue weighted by Gasteiger charge is -2.03. The van der Waals surface area contributed by atoms with Crippen molar-refractivity contribution in [2.24, 2.45) is 5.10 Å². The topological polar surface area (TPSA) is 46.0 Å². The Morgan fingerprint density at radius 3 is 2.78 bits per heavy atom. The molecule has 0 aliphatic heterocycles. The highest BCUT2D eigenvalue weighted by Crippen LogP contribution is 2.21. The van der Waals surface area contributed by atoms with Gasteiger partial charge in [0.15, 0.2) is 5.82 Å². The molecule has 6 heteroatoms. The molecule has 2 aromatic carbocycles. The zero-order chi connectivity index (χ0) is 16.4. The van der Waals surface area contributed by atoms with Gasteiger partial charge in [0.2, 0.25) is 4.77 Å². The minimum absolute atomic E-state index is 0.431. The van der Waals surface area contributed by atoms with Gasteiger partial charge in [0.25, 0.3) is 0 Å². The molecular weight excluding hydrogens is 328 g/mol. The number of H-pyrrole nitrogens is 1. The quantitative estimate of drug-likeness (QED) is 0.551. The summed E-state index contributed by atoms with van der Waals surface area (Å²) in [6.07, 6.45) is 1.79. The first-order chi connectivity index (χ1) is 11.0. The summed E-state index contributed by atoms with van der Waals surface area (Å²) in [6, 6.07) is 13.6. The van der Waals surface area contributed by atoms with Gasteiger partial charge < -0.3 is 0 Å². The summed E-state index contributed by atoms with van der Waals surface area (Å²) >= 11 is 11.3. The number of aryl methyl sites for hydroxylation is 2. The molecule has 1 aromatic heterocycles. The Balaban J connectivity index is 2.02. The molecule has 3 aromatic rings. The number of aromatic nitrogens is 3. The van der Waals surface area contributed by atoms with E-state index in [1.807, 2.05) is 30.3 Å². The lowest BCUT2D eigenvalue weighted by atomic mass is 10.1. The largest absolute Gasteiger partial charge is 0.250 e. The van der Waals surface area contributed by atoms with Gasteiger partial charge in [-0.1, -0.05) is 47.5 Å². The maximum Gasteiger partial charge on any atom is 0.216 e. The highest BCUT2D eigenvalue weighted by atomic mass is 35.5. The van der Waals surface area contributed by atoms with Crippen molar-refractivity contribution in [2.75, 3.05) is 0 Å². The first-order valence-corrected chi connectivity index (χ1v) is 7.88. The first kappa shape index (κ1) is 15.6. The van der Waals surface area contributed by atoms with Gasteiger partial charge in [0.05, 0.1) is 6.21 Å². The second kappa shape index (κ2) is 6.48. The van der Waals surface area contributed by atoms with E-state index >= 15 is 0 Å². The molecule has 116 valence electrons. The Labute approximate surface area is 144 Å². The van der Waals surface area contributed by atoms with Crippen LogP contribution in [0.4, 0.5) is 0 Å². The molecular formula is C17H15ClN4S. The smallest absolute Gasteiger partial charge is 0.216 e. The number of hydrogen-bond acceptors (Lipinski definition) is 3. The minimum Gasteiger partial charge on any atom is -0.250 e. The molecule has 0 aliphatic rings. The van der Waals surface area contributed by atoms with Gasteiger partial charge in [0, 0.05) is 10.6 Å². The monoisotopic (exact) mass is 342 g/mol. The number of rotatable bonds is 3. The number of aromatic amines is 1. The Kier molecular flexibility index (Phi) is 4.41. The molecule has 4 nitrogen and oxygen atoms in total. The van der Waals surface area contributed by atoms with Crippen molar-refractivity contribution in [3.05, 3.63) is 68.9 Å². The van der Waals surface area contributed by atoms with Crippen LogP contribution in [0.2, 0.25) is 5.02 Å². The van der Waals surface area contributed by atoms with Crippen LogP contribution in [-0.4, -0.2) is 21.1 Å². The van der Waals surface area contributed by atoms with Crippen molar-refractivity contribution < 1.29 is 0 Å². The number of hydrogen-bond donors (Lipinski definition) is 1. The average molecular weight is 343 g/mol. The van der Waals surface area contributed by atoms with Crippen molar-refractivity contribution in [1.29, 1.82) is 0 Å². The van der Waals surface area contributed by atoms with E-state index in [4.69, 9.17) is 23.8 Å². The molecule has 1 N–H and O–H groups in total. The van der Waals surface area contributed by atoms with Gasteiger partial charge >= 0.3 is 0 Å². The van der Waals surface area contributed by atoms with Gasteiger partial charge in [0.1, 0.15) is 0 Å². The summed E-state index contributed by atoms with van der Waals surface area (Å²) in [7, 11) is 0. The zero-order valence-corrected chi connectivity index (χ0v) is 14.3. The van der Waals surface area contributed by atoms with E-state index in [-0.39, 0.29) is 0 Å². The fourth-order valence-corrected chi connectivity index (χ4v) is 2.67. The Bertz CT molecular complexity index is 940. The van der Waals surface area contributed by atoms with E-state index in [9.17, 15) is 0 Å². The van der Waals surface area contributed by atoms with Crippen LogP contribution in [-0.2, 0) is 0 Å². The number of benzene rings is 2. The van der Waals surface area contributed by atoms with Crippen molar-refractivity contribution in [2.45, 2.75) is 13.8 Å². The molecule has 1 heterocycles. The number of halogens is 1. The maximum atomic E-state index is 6.05. The zero-order valence-electron chi connectivity index (χ0n) is 12.7. The normalized spacial score (nSPS) is 11.3. The van der Waals surface area contributed by atoms with Crippen molar-refractivity contribution in [1.82, 2.24) is 14.9 Å². The predicted octanol–water partition coefficient (Wildman–Crippen LogP) is 4.76. The summed E-state index contributed by atoms with van der Waals surface area (Å²) in [5, 5.41) is 12.1. The van der Waals surface area contributed by atoms with E-state index in [0.29, 0.717) is 15.6 Å². The van der Waals surface area contributed by atoms with Crippen LogP contribution in [0.5, 0.6) is 0 Å². The molecule has 23 heavy (non-hydrogen) atoms. The summed E-state index contributed by atoms with van der Waals surface area (Å²) in [5.41, 5.74) is 4.27. The molecule has 0 fully saturated rings. The fraction of sp³-hybridized carbons (Fsp3) is 0.118. The van der Waals surface area contributed by atoms with E-state index in [0.717, 1.165) is 16.7 Å². The van der Waals surface area contributed by atoms with Crippen LogP contribution < -0.4 is 0 Å². The van der Waals surface area contributed by atoms with Gasteiger partial charge in [-0.2, -0.15) is 14.9 Å². The number of nitrogens with one attached hydrogen (secondary N) is 1. The molecule has 0 radical (unpaired) electrons. The minimum atomic E-state index is 0.431. The van der Waals surface area contributed by atoms with Crippen LogP contribution >= 0.6 is 23.8 Å². The molecule has 0 saturated carbocycles. The Morgan fingerprint density at radius 1 is 1.22 bits per heavy atom. The second-order valence-corrected chi connectivity index (χ2v) is 6.10. The molecule has 0 unspecified atom stereocenters. The van der Waals surface area contributed by atoms with Gasteiger partial charge in [-0.25, -0.2) is 5.10 Å². The molecule has 0 aliphatic carbocycles. The summed E-state index contributed by atoms with van der Waals surface area (Å²) in [5.74, 6) is 0.624. The van der Waals surface area contributed by atoms with Gasteiger partial charge in [-0.05, 0) is 49.3 Å². The van der Waals surface area contributed by atoms with Crippen molar-refractivity contribution >= 4 is 30.0 Å². The summed E-state index contributed by atoms with van der Waals surface area (Å²) in [6.45, 7) is 4.12. The third-order valence-corrected chi connectivity index (χ3v) is 3.97. The molecule has 0 spiro atoms. The molecule has 0 atom stereocenters. The highest BCUT2D eigenvalue weighted by molar-refractivity contribution is 7.71. The number of nitrogens with zero attached hydrogens (tertiary/aromatic N) is 3. The lowest BCUT2D eigenvalue weighted by Crippen LogP contribution is -1.96. The summed E-state index contributed by atoms with van der Waals surface area (Å²) < 4.78 is 2.03. The van der Waals surface area contributed by atoms with Crippen molar-refractivity contribution in [3.8, 4) is 11.4 Å². The van der Waals surface area contributed by atoms with Gasteiger partial charge in [-0.15, -0.1) is 0 Å². The standard InChI is InChI=1S/C17H15ClN4S/c1-11-6-7-14(12(2)8-11)10-19-22-16(20-21-17(22)23)13-4-3-5-15(18)9-13/h3-10H,1-2H3,(H,21,23)/b19-10-.